The minimum Gasteiger partial charge on any atom is -0.480 e. The van der Waals surface area contributed by atoms with Crippen LogP contribution >= 0.6 is 0 Å². The van der Waals surface area contributed by atoms with Gasteiger partial charge in [0.25, 0.3) is 0 Å². The van der Waals surface area contributed by atoms with E-state index in [2.05, 4.69) is 5.32 Å². The largest absolute Gasteiger partial charge is 0.480 e. The molecule has 0 aromatic heterocycles. The van der Waals surface area contributed by atoms with Gasteiger partial charge in [-0.2, -0.15) is 0 Å². The minimum atomic E-state index is -0.681. The van der Waals surface area contributed by atoms with Gasteiger partial charge >= 0.3 is 5.97 Å². The average Bonchev–Trinajstić information content (AvgIpc) is 2.78. The van der Waals surface area contributed by atoms with Crippen molar-refractivity contribution in [2.45, 2.75) is 57.5 Å². The lowest BCUT2D eigenvalue weighted by molar-refractivity contribution is -0.140. The molecule has 4 atom stereocenters. The molecule has 2 rings (SSSR count). The summed E-state index contributed by atoms with van der Waals surface area (Å²) in [6, 6.07) is 0.163. The summed E-state index contributed by atoms with van der Waals surface area (Å²) in [4.78, 5) is 11.0. The Labute approximate surface area is 91.2 Å². The number of rotatable bonds is 5. The fourth-order valence-electron chi connectivity index (χ4n) is 3.27. The van der Waals surface area contributed by atoms with Gasteiger partial charge in [-0.15, -0.1) is 0 Å². The number of aliphatic carboxylic acids is 1. The van der Waals surface area contributed by atoms with Crippen LogP contribution < -0.4 is 5.32 Å². The molecule has 2 aliphatic rings. The molecule has 3 nitrogen and oxygen atoms in total. The highest BCUT2D eigenvalue weighted by Crippen LogP contribution is 2.44. The summed E-state index contributed by atoms with van der Waals surface area (Å²) in [6.45, 7) is 2.04. The Morgan fingerprint density at radius 2 is 2.27 bits per heavy atom. The summed E-state index contributed by atoms with van der Waals surface area (Å²) >= 11 is 0. The monoisotopic (exact) mass is 211 g/mol. The van der Waals surface area contributed by atoms with Gasteiger partial charge < -0.3 is 10.4 Å². The SMILES string of the molecule is CCCC(NC1CC2CCC1C2)C(=O)O. The number of hydrogen-bond acceptors (Lipinski definition) is 2. The van der Waals surface area contributed by atoms with Crippen molar-refractivity contribution >= 4 is 5.97 Å². The van der Waals surface area contributed by atoms with Crippen LogP contribution in [0.3, 0.4) is 0 Å². The zero-order valence-corrected chi connectivity index (χ0v) is 9.41. The molecule has 2 saturated carbocycles. The first-order chi connectivity index (χ1) is 7.20. The van der Waals surface area contributed by atoms with E-state index in [1.165, 1.54) is 25.7 Å². The van der Waals surface area contributed by atoms with Crippen LogP contribution in [0.4, 0.5) is 0 Å². The zero-order chi connectivity index (χ0) is 10.8. The molecule has 0 saturated heterocycles. The quantitative estimate of drug-likeness (QED) is 0.731. The molecule has 0 radical (unpaired) electrons. The van der Waals surface area contributed by atoms with Crippen LogP contribution in [0.15, 0.2) is 0 Å². The van der Waals surface area contributed by atoms with Gasteiger partial charge in [0.05, 0.1) is 0 Å². The van der Waals surface area contributed by atoms with Crippen molar-refractivity contribution in [3.63, 3.8) is 0 Å². The maximum absolute atomic E-state index is 11.0. The second-order valence-electron chi connectivity index (χ2n) is 5.13. The van der Waals surface area contributed by atoms with Gasteiger partial charge in [-0.3, -0.25) is 4.79 Å². The molecule has 0 aromatic carbocycles. The van der Waals surface area contributed by atoms with E-state index in [0.717, 1.165) is 24.7 Å². The number of hydrogen-bond donors (Lipinski definition) is 2. The molecule has 3 heteroatoms. The van der Waals surface area contributed by atoms with Gasteiger partial charge in [0.2, 0.25) is 0 Å². The Bertz CT molecular complexity index is 242. The summed E-state index contributed by atoms with van der Waals surface area (Å²) in [7, 11) is 0. The third kappa shape index (κ3) is 2.33. The first-order valence-electron chi connectivity index (χ1n) is 6.19. The first kappa shape index (κ1) is 10.9. The Morgan fingerprint density at radius 1 is 1.47 bits per heavy atom. The van der Waals surface area contributed by atoms with Gasteiger partial charge in [0.15, 0.2) is 0 Å². The second-order valence-corrected chi connectivity index (χ2v) is 5.13. The van der Waals surface area contributed by atoms with Gasteiger partial charge in [-0.05, 0) is 37.5 Å². The van der Waals surface area contributed by atoms with E-state index in [9.17, 15) is 4.79 Å². The van der Waals surface area contributed by atoms with Crippen molar-refractivity contribution in [1.29, 1.82) is 0 Å². The van der Waals surface area contributed by atoms with Gasteiger partial charge in [0.1, 0.15) is 6.04 Å². The zero-order valence-electron chi connectivity index (χ0n) is 9.41. The number of carbonyl (C=O) groups is 1. The topological polar surface area (TPSA) is 49.3 Å². The Kier molecular flexibility index (Phi) is 3.29. The Morgan fingerprint density at radius 3 is 2.73 bits per heavy atom. The van der Waals surface area contributed by atoms with Crippen molar-refractivity contribution in [3.05, 3.63) is 0 Å². The van der Waals surface area contributed by atoms with Crippen LogP contribution in [0.5, 0.6) is 0 Å². The number of nitrogens with one attached hydrogen (secondary N) is 1. The lowest BCUT2D eigenvalue weighted by atomic mass is 9.94. The summed E-state index contributed by atoms with van der Waals surface area (Å²) in [5.74, 6) is 0.955. The first-order valence-corrected chi connectivity index (χ1v) is 6.19. The van der Waals surface area contributed by atoms with Gasteiger partial charge in [-0.25, -0.2) is 0 Å². The highest BCUT2D eigenvalue weighted by molar-refractivity contribution is 5.73. The molecule has 4 unspecified atom stereocenters. The normalized spacial score (nSPS) is 35.7. The van der Waals surface area contributed by atoms with Crippen LogP contribution in [0, 0.1) is 11.8 Å². The summed E-state index contributed by atoms with van der Waals surface area (Å²) in [6.07, 6.45) is 6.90. The molecule has 15 heavy (non-hydrogen) atoms. The predicted octanol–water partition coefficient (Wildman–Crippen LogP) is 2.02. The van der Waals surface area contributed by atoms with Gasteiger partial charge in [0, 0.05) is 6.04 Å². The highest BCUT2D eigenvalue weighted by Gasteiger charge is 2.40. The smallest absolute Gasteiger partial charge is 0.320 e. The van der Waals surface area contributed by atoms with E-state index in [1.54, 1.807) is 0 Å². The van der Waals surface area contributed by atoms with E-state index < -0.39 is 5.97 Å². The van der Waals surface area contributed by atoms with Crippen LogP contribution in [-0.2, 0) is 4.79 Å². The van der Waals surface area contributed by atoms with Crippen molar-refractivity contribution in [3.8, 4) is 0 Å². The third-order valence-electron chi connectivity index (χ3n) is 4.03. The molecule has 0 aromatic rings. The maximum Gasteiger partial charge on any atom is 0.320 e. The van der Waals surface area contributed by atoms with Crippen LogP contribution in [0.1, 0.15) is 45.4 Å². The average molecular weight is 211 g/mol. The molecule has 0 aliphatic heterocycles. The van der Waals surface area contributed by atoms with Crippen LogP contribution in [0.2, 0.25) is 0 Å². The molecule has 2 fully saturated rings. The predicted molar refractivity (Wildman–Crippen MR) is 58.7 cm³/mol. The molecular formula is C12H21NO2. The lowest BCUT2D eigenvalue weighted by Gasteiger charge is -2.26. The highest BCUT2D eigenvalue weighted by atomic mass is 16.4. The fourth-order valence-corrected chi connectivity index (χ4v) is 3.27. The lowest BCUT2D eigenvalue weighted by Crippen LogP contribution is -2.45. The number of carboxylic acids is 1. The van der Waals surface area contributed by atoms with Crippen molar-refractivity contribution < 1.29 is 9.90 Å². The Hall–Kier alpha value is -0.570. The summed E-state index contributed by atoms with van der Waals surface area (Å²) in [5.41, 5.74) is 0. The van der Waals surface area contributed by atoms with Crippen molar-refractivity contribution in [2.24, 2.45) is 11.8 Å². The standard InChI is InChI=1S/C12H21NO2/c1-2-3-10(12(14)15)13-11-7-8-4-5-9(11)6-8/h8-11,13H,2-7H2,1H3,(H,14,15). The molecule has 0 amide bonds. The second kappa shape index (κ2) is 4.52. The van der Waals surface area contributed by atoms with Crippen molar-refractivity contribution in [1.82, 2.24) is 5.32 Å². The maximum atomic E-state index is 11.0. The molecular weight excluding hydrogens is 190 g/mol. The minimum absolute atomic E-state index is 0.320. The number of fused-ring (bicyclic) bond motifs is 2. The molecule has 0 heterocycles. The van der Waals surface area contributed by atoms with E-state index in [0.29, 0.717) is 6.04 Å². The molecule has 2 N–H and O–H groups in total. The third-order valence-corrected chi connectivity index (χ3v) is 4.03. The fraction of sp³-hybridized carbons (Fsp3) is 0.917. The van der Waals surface area contributed by atoms with E-state index in [-0.39, 0.29) is 6.04 Å². The molecule has 0 spiro atoms. The number of carboxylic acid groups (broad SMARTS) is 1. The van der Waals surface area contributed by atoms with Crippen LogP contribution in [0.25, 0.3) is 0 Å². The molecule has 2 bridgehead atoms. The van der Waals surface area contributed by atoms with Gasteiger partial charge in [-0.1, -0.05) is 19.8 Å². The molecule has 86 valence electrons. The van der Waals surface area contributed by atoms with E-state index in [1.807, 2.05) is 6.92 Å². The summed E-state index contributed by atoms with van der Waals surface area (Å²) in [5, 5.41) is 12.4. The Balaban J connectivity index is 1.86. The van der Waals surface area contributed by atoms with Crippen LogP contribution in [-0.4, -0.2) is 23.2 Å². The molecule has 2 aliphatic carbocycles. The summed E-state index contributed by atoms with van der Waals surface area (Å²) < 4.78 is 0. The van der Waals surface area contributed by atoms with E-state index in [4.69, 9.17) is 5.11 Å². The van der Waals surface area contributed by atoms with Crippen molar-refractivity contribution in [2.75, 3.05) is 0 Å². The van der Waals surface area contributed by atoms with E-state index >= 15 is 0 Å².